The van der Waals surface area contributed by atoms with E-state index < -0.39 is 5.97 Å². The third kappa shape index (κ3) is 493. The molecule has 0 aliphatic carbocycles. The molecule has 116 valence electrons. The van der Waals surface area contributed by atoms with E-state index in [1.54, 1.807) is 0 Å². The second-order valence-electron chi connectivity index (χ2n) is 1.05. The fourth-order valence-electron chi connectivity index (χ4n) is 0. The van der Waals surface area contributed by atoms with E-state index >= 15 is 0 Å². The van der Waals surface area contributed by atoms with Crippen molar-refractivity contribution in [1.29, 1.82) is 0 Å². The number of hydrogen-bond donors (Lipinski definition) is 6. The second-order valence-corrected chi connectivity index (χ2v) is 1.05. The van der Waals surface area contributed by atoms with Crippen molar-refractivity contribution in [2.45, 2.75) is 6.92 Å². The van der Waals surface area contributed by atoms with Gasteiger partial charge in [0.15, 0.2) is 0 Å². The van der Waals surface area contributed by atoms with E-state index in [0.29, 0.717) is 0 Å². The van der Waals surface area contributed by atoms with Crippen molar-refractivity contribution in [3.63, 3.8) is 0 Å². The summed E-state index contributed by atoms with van der Waals surface area (Å²) in [5.41, 5.74) is 0. The minimum Gasteiger partial charge on any atom is -0.483 e. The number of aliphatic carboxylic acids is 1. The molecule has 0 aromatic heterocycles. The van der Waals surface area contributed by atoms with Crippen LogP contribution in [0.25, 0.3) is 0 Å². The van der Waals surface area contributed by atoms with Crippen LogP contribution < -0.4 is 0 Å². The zero-order valence-corrected chi connectivity index (χ0v) is 13.2. The molecule has 0 fully saturated rings. The normalized spacial score (nSPS) is 4.25. The van der Waals surface area contributed by atoms with Gasteiger partial charge in [0.25, 0.3) is 38.3 Å². The number of carboxylic acids is 1. The molecule has 0 saturated carbocycles. The summed E-state index contributed by atoms with van der Waals surface area (Å²) in [7, 11) is 0. The van der Waals surface area contributed by atoms with Crippen LogP contribution in [0.3, 0.4) is 0 Å². The first-order valence-electron chi connectivity index (χ1n) is 3.40. The Balaban J connectivity index is -0.0000000202. The van der Waals surface area contributed by atoms with Crippen LogP contribution in [-0.4, -0.2) is 69.0 Å². The van der Waals surface area contributed by atoms with Crippen LogP contribution in [0.5, 0.6) is 0 Å². The van der Waals surface area contributed by atoms with Gasteiger partial charge < -0.3 is 30.6 Å². The van der Waals surface area contributed by atoms with E-state index in [4.69, 9.17) is 59.4 Å². The quantitative estimate of drug-likeness (QED) is 0.218. The van der Waals surface area contributed by atoms with Gasteiger partial charge in [-0.15, -0.1) is 0 Å². The van der Waals surface area contributed by atoms with E-state index in [0.717, 1.165) is 6.92 Å². The average Bonchev–Trinajstić information content (AvgIpc) is 2.21. The summed E-state index contributed by atoms with van der Waals surface area (Å²) in [5, 5.41) is 41.9. The predicted octanol–water partition coefficient (Wildman–Crippen LogP) is -1.41. The molecular formula is C7H14O12Zn. The topological polar surface area (TPSA) is 224 Å². The summed E-state index contributed by atoms with van der Waals surface area (Å²) in [6, 6.07) is 0. The van der Waals surface area contributed by atoms with Crippen molar-refractivity contribution in [3.05, 3.63) is 0 Å². The standard InChI is InChI=1S/C2H4O2.5CH2O2.Zn/c1-2(3)4;5*2-1-3;/h1H3,(H,3,4);5*1H,(H,2,3);. The van der Waals surface area contributed by atoms with Gasteiger partial charge in [-0.1, -0.05) is 0 Å². The minimum atomic E-state index is -0.833. The maximum Gasteiger partial charge on any atom is 0.300 e. The Bertz CT molecular complexity index is 155. The van der Waals surface area contributed by atoms with Crippen LogP contribution in [0.15, 0.2) is 0 Å². The van der Waals surface area contributed by atoms with Gasteiger partial charge in [-0.3, -0.25) is 28.8 Å². The molecule has 0 aliphatic heterocycles. The number of rotatable bonds is 0. The van der Waals surface area contributed by atoms with E-state index in [-0.39, 0.29) is 51.8 Å². The van der Waals surface area contributed by atoms with Crippen LogP contribution >= 0.6 is 0 Å². The van der Waals surface area contributed by atoms with Gasteiger partial charge in [0.1, 0.15) is 0 Å². The first-order chi connectivity index (χ1) is 8.80. The third-order valence-electron chi connectivity index (χ3n) is 0. The van der Waals surface area contributed by atoms with E-state index in [9.17, 15) is 0 Å². The van der Waals surface area contributed by atoms with Gasteiger partial charge in [0.05, 0.1) is 0 Å². The average molecular weight is 356 g/mol. The Hall–Kier alpha value is -2.56. The van der Waals surface area contributed by atoms with E-state index in [1.165, 1.54) is 0 Å². The zero-order valence-electron chi connectivity index (χ0n) is 10.2. The monoisotopic (exact) mass is 354 g/mol. The summed E-state index contributed by atoms with van der Waals surface area (Å²) in [6.07, 6.45) is 0. The molecule has 0 saturated heterocycles. The Morgan fingerprint density at radius 1 is 0.650 bits per heavy atom. The maximum atomic E-state index is 9.00. The molecule has 0 rings (SSSR count). The van der Waals surface area contributed by atoms with Gasteiger partial charge in [-0.2, -0.15) is 0 Å². The molecule has 20 heavy (non-hydrogen) atoms. The Morgan fingerprint density at radius 3 is 0.650 bits per heavy atom. The van der Waals surface area contributed by atoms with Crippen molar-refractivity contribution in [3.8, 4) is 0 Å². The largest absolute Gasteiger partial charge is 0.483 e. The molecule has 0 heterocycles. The van der Waals surface area contributed by atoms with E-state index in [1.807, 2.05) is 0 Å². The van der Waals surface area contributed by atoms with Crippen LogP contribution in [0.2, 0.25) is 0 Å². The molecule has 0 bridgehead atoms. The first kappa shape index (κ1) is 43.2. The van der Waals surface area contributed by atoms with Crippen LogP contribution in [-0.2, 0) is 48.2 Å². The van der Waals surface area contributed by atoms with Gasteiger partial charge >= 0.3 is 0 Å². The summed E-state index contributed by atoms with van der Waals surface area (Å²) in [6.45, 7) is -0.167. The van der Waals surface area contributed by atoms with Gasteiger partial charge in [-0.05, 0) is 0 Å². The van der Waals surface area contributed by atoms with Crippen LogP contribution in [0, 0.1) is 0 Å². The smallest absolute Gasteiger partial charge is 0.300 e. The van der Waals surface area contributed by atoms with Crippen LogP contribution in [0.4, 0.5) is 0 Å². The molecular weight excluding hydrogens is 341 g/mol. The summed E-state index contributed by atoms with van der Waals surface area (Å²) < 4.78 is 0. The SMILES string of the molecule is CC(=O)O.O=CO.O=CO.O=CO.O=CO.O=CO.[Zn]. The van der Waals surface area contributed by atoms with E-state index in [2.05, 4.69) is 0 Å². The first-order valence-corrected chi connectivity index (χ1v) is 3.40. The molecule has 0 atom stereocenters. The number of carbonyl (C=O) groups is 6. The Morgan fingerprint density at radius 2 is 0.650 bits per heavy atom. The molecule has 0 spiro atoms. The van der Waals surface area contributed by atoms with Gasteiger partial charge in [0.2, 0.25) is 0 Å². The molecule has 12 nitrogen and oxygen atoms in total. The fourth-order valence-corrected chi connectivity index (χ4v) is 0. The predicted molar refractivity (Wildman–Crippen MR) is 56.8 cm³/mol. The molecule has 0 amide bonds. The number of hydrogen-bond acceptors (Lipinski definition) is 6. The zero-order chi connectivity index (χ0) is 17.1. The van der Waals surface area contributed by atoms with Crippen molar-refractivity contribution in [2.75, 3.05) is 0 Å². The molecule has 13 heteroatoms. The van der Waals surface area contributed by atoms with Crippen molar-refractivity contribution >= 4 is 38.3 Å². The molecule has 0 aromatic rings. The van der Waals surface area contributed by atoms with Gasteiger partial charge in [-0.25, -0.2) is 0 Å². The minimum absolute atomic E-state index is 0. The van der Waals surface area contributed by atoms with Crippen LogP contribution in [0.1, 0.15) is 6.92 Å². The van der Waals surface area contributed by atoms with Crippen molar-refractivity contribution in [1.82, 2.24) is 0 Å². The molecule has 0 unspecified atom stereocenters. The fraction of sp³-hybridized carbons (Fsp3) is 0.143. The van der Waals surface area contributed by atoms with Crippen molar-refractivity contribution in [2.24, 2.45) is 0 Å². The third-order valence-corrected chi connectivity index (χ3v) is 0. The summed E-state index contributed by atoms with van der Waals surface area (Å²) >= 11 is 0. The van der Waals surface area contributed by atoms with Gasteiger partial charge in [0, 0.05) is 26.4 Å². The Kier molecular flexibility index (Phi) is 286. The number of carboxylic acid groups (broad SMARTS) is 6. The maximum absolute atomic E-state index is 9.00. The molecule has 0 radical (unpaired) electrons. The Labute approximate surface area is 125 Å². The van der Waals surface area contributed by atoms with Crippen molar-refractivity contribution < 1.29 is 78.9 Å². The summed E-state index contributed by atoms with van der Waals surface area (Å²) in [4.78, 5) is 50.8. The molecule has 0 aliphatic rings. The molecule has 6 N–H and O–H groups in total. The second kappa shape index (κ2) is 132. The summed E-state index contributed by atoms with van der Waals surface area (Å²) in [5.74, 6) is -0.833. The molecule has 0 aromatic carbocycles.